The molecule has 2 rings (SSSR count). The molecule has 17 heavy (non-hydrogen) atoms. The van der Waals surface area contributed by atoms with E-state index in [2.05, 4.69) is 10.3 Å². The lowest BCUT2D eigenvalue weighted by molar-refractivity contribution is -0.0695. The fourth-order valence-electron chi connectivity index (χ4n) is 2.10. The van der Waals surface area contributed by atoms with Crippen LogP contribution in [0.4, 0.5) is 0 Å². The number of nitrogens with zero attached hydrogens (tertiary/aromatic N) is 1. The van der Waals surface area contributed by atoms with Gasteiger partial charge in [0.15, 0.2) is 0 Å². The van der Waals surface area contributed by atoms with Gasteiger partial charge in [0.25, 0.3) is 0 Å². The summed E-state index contributed by atoms with van der Waals surface area (Å²) in [6.07, 6.45) is 5.44. The molecule has 1 aromatic rings. The van der Waals surface area contributed by atoms with Crippen molar-refractivity contribution in [1.29, 1.82) is 0 Å². The SMILES string of the molecule is COc1ccc(CNCC2(OC)CCC2)cn1. The average molecular weight is 236 g/mol. The molecule has 1 aliphatic carbocycles. The van der Waals surface area contributed by atoms with E-state index >= 15 is 0 Å². The van der Waals surface area contributed by atoms with Gasteiger partial charge in [-0.05, 0) is 24.8 Å². The van der Waals surface area contributed by atoms with Crippen LogP contribution in [-0.4, -0.2) is 31.3 Å². The lowest BCUT2D eigenvalue weighted by Gasteiger charge is -2.40. The second-order valence-corrected chi connectivity index (χ2v) is 4.55. The van der Waals surface area contributed by atoms with Crippen LogP contribution in [0.25, 0.3) is 0 Å². The lowest BCUT2D eigenvalue weighted by Crippen LogP contribution is -2.47. The molecule has 0 aromatic carbocycles. The Morgan fingerprint density at radius 1 is 1.35 bits per heavy atom. The summed E-state index contributed by atoms with van der Waals surface area (Å²) in [6, 6.07) is 3.91. The van der Waals surface area contributed by atoms with E-state index in [-0.39, 0.29) is 5.60 Å². The summed E-state index contributed by atoms with van der Waals surface area (Å²) in [5, 5.41) is 3.43. The molecule has 1 N–H and O–H groups in total. The van der Waals surface area contributed by atoms with Gasteiger partial charge >= 0.3 is 0 Å². The van der Waals surface area contributed by atoms with E-state index in [9.17, 15) is 0 Å². The zero-order chi connectivity index (χ0) is 12.1. The molecule has 94 valence electrons. The predicted octanol–water partition coefficient (Wildman–Crippen LogP) is 1.75. The Kier molecular flexibility index (Phi) is 3.97. The van der Waals surface area contributed by atoms with Crippen molar-refractivity contribution in [2.24, 2.45) is 0 Å². The van der Waals surface area contributed by atoms with E-state index in [4.69, 9.17) is 9.47 Å². The van der Waals surface area contributed by atoms with Crippen molar-refractivity contribution in [3.63, 3.8) is 0 Å². The maximum atomic E-state index is 5.55. The van der Waals surface area contributed by atoms with Crippen LogP contribution in [-0.2, 0) is 11.3 Å². The van der Waals surface area contributed by atoms with Gasteiger partial charge in [-0.15, -0.1) is 0 Å². The van der Waals surface area contributed by atoms with Crippen LogP contribution in [0.2, 0.25) is 0 Å². The van der Waals surface area contributed by atoms with Crippen LogP contribution in [0.15, 0.2) is 18.3 Å². The molecule has 0 aliphatic heterocycles. The predicted molar refractivity (Wildman–Crippen MR) is 66.1 cm³/mol. The monoisotopic (exact) mass is 236 g/mol. The summed E-state index contributed by atoms with van der Waals surface area (Å²) < 4.78 is 10.6. The molecule has 1 aliphatic rings. The standard InChI is InChI=1S/C13H20N2O2/c1-16-12-5-4-11(9-15-12)8-14-10-13(17-2)6-3-7-13/h4-5,9,14H,3,6-8,10H2,1-2H3. The van der Waals surface area contributed by atoms with E-state index in [0.717, 1.165) is 31.5 Å². The highest BCUT2D eigenvalue weighted by atomic mass is 16.5. The number of rotatable bonds is 6. The number of nitrogens with one attached hydrogen (secondary N) is 1. The van der Waals surface area contributed by atoms with Gasteiger partial charge in [-0.1, -0.05) is 6.07 Å². The number of aromatic nitrogens is 1. The van der Waals surface area contributed by atoms with Gasteiger partial charge in [0.05, 0.1) is 12.7 Å². The highest BCUT2D eigenvalue weighted by Crippen LogP contribution is 2.34. The van der Waals surface area contributed by atoms with Crippen molar-refractivity contribution in [1.82, 2.24) is 10.3 Å². The first-order valence-electron chi connectivity index (χ1n) is 6.03. The molecule has 1 heterocycles. The highest BCUT2D eigenvalue weighted by molar-refractivity contribution is 5.17. The average Bonchev–Trinajstić information content (AvgIpc) is 2.33. The maximum absolute atomic E-state index is 5.55. The number of ether oxygens (including phenoxy) is 2. The Labute approximate surface area is 102 Å². The number of hydrogen-bond donors (Lipinski definition) is 1. The van der Waals surface area contributed by atoms with Gasteiger partial charge < -0.3 is 14.8 Å². The Balaban J connectivity index is 1.77. The normalized spacial score (nSPS) is 17.5. The molecule has 4 nitrogen and oxygen atoms in total. The summed E-state index contributed by atoms with van der Waals surface area (Å²) in [4.78, 5) is 4.17. The lowest BCUT2D eigenvalue weighted by atomic mass is 9.80. The second kappa shape index (κ2) is 5.47. The zero-order valence-corrected chi connectivity index (χ0v) is 10.5. The smallest absolute Gasteiger partial charge is 0.212 e. The quantitative estimate of drug-likeness (QED) is 0.817. The first-order valence-corrected chi connectivity index (χ1v) is 6.03. The zero-order valence-electron chi connectivity index (χ0n) is 10.5. The molecule has 0 radical (unpaired) electrons. The van der Waals surface area contributed by atoms with Crippen LogP contribution in [0, 0.1) is 0 Å². The van der Waals surface area contributed by atoms with Gasteiger partial charge in [-0.3, -0.25) is 0 Å². The molecule has 0 saturated heterocycles. The Morgan fingerprint density at radius 3 is 2.65 bits per heavy atom. The molecular formula is C13H20N2O2. The molecule has 1 fully saturated rings. The minimum absolute atomic E-state index is 0.0832. The minimum Gasteiger partial charge on any atom is -0.481 e. The van der Waals surface area contributed by atoms with Gasteiger partial charge in [-0.25, -0.2) is 4.98 Å². The van der Waals surface area contributed by atoms with Crippen molar-refractivity contribution >= 4 is 0 Å². The largest absolute Gasteiger partial charge is 0.481 e. The molecule has 1 saturated carbocycles. The van der Waals surface area contributed by atoms with Gasteiger partial charge in [0, 0.05) is 32.5 Å². The van der Waals surface area contributed by atoms with Crippen LogP contribution >= 0.6 is 0 Å². The molecule has 0 unspecified atom stereocenters. The first kappa shape index (κ1) is 12.3. The summed E-state index contributed by atoms with van der Waals surface area (Å²) >= 11 is 0. The van der Waals surface area contributed by atoms with Crippen LogP contribution < -0.4 is 10.1 Å². The summed E-state index contributed by atoms with van der Waals surface area (Å²) in [5.41, 5.74) is 1.25. The summed E-state index contributed by atoms with van der Waals surface area (Å²) in [6.45, 7) is 1.73. The molecule has 0 bridgehead atoms. The van der Waals surface area contributed by atoms with Crippen molar-refractivity contribution in [3.05, 3.63) is 23.9 Å². The third kappa shape index (κ3) is 2.96. The number of hydrogen-bond acceptors (Lipinski definition) is 4. The Hall–Kier alpha value is -1.13. The number of pyridine rings is 1. The molecular weight excluding hydrogens is 216 g/mol. The third-order valence-electron chi connectivity index (χ3n) is 3.48. The Bertz CT molecular complexity index is 341. The van der Waals surface area contributed by atoms with E-state index < -0.39 is 0 Å². The van der Waals surface area contributed by atoms with Crippen LogP contribution in [0.1, 0.15) is 24.8 Å². The summed E-state index contributed by atoms with van der Waals surface area (Å²) in [7, 11) is 3.43. The minimum atomic E-state index is 0.0832. The van der Waals surface area contributed by atoms with Crippen molar-refractivity contribution in [2.75, 3.05) is 20.8 Å². The molecule has 0 amide bonds. The van der Waals surface area contributed by atoms with Crippen LogP contribution in [0.3, 0.4) is 0 Å². The van der Waals surface area contributed by atoms with Crippen LogP contribution in [0.5, 0.6) is 5.88 Å². The second-order valence-electron chi connectivity index (χ2n) is 4.55. The van der Waals surface area contributed by atoms with E-state index in [1.807, 2.05) is 18.3 Å². The van der Waals surface area contributed by atoms with E-state index in [1.54, 1.807) is 14.2 Å². The van der Waals surface area contributed by atoms with Crippen molar-refractivity contribution in [3.8, 4) is 5.88 Å². The Morgan fingerprint density at radius 2 is 2.18 bits per heavy atom. The van der Waals surface area contributed by atoms with Gasteiger partial charge in [-0.2, -0.15) is 0 Å². The maximum Gasteiger partial charge on any atom is 0.212 e. The topological polar surface area (TPSA) is 43.4 Å². The number of methoxy groups -OCH3 is 2. The molecule has 0 atom stereocenters. The molecule has 1 aromatic heterocycles. The highest BCUT2D eigenvalue weighted by Gasteiger charge is 2.36. The fraction of sp³-hybridized carbons (Fsp3) is 0.615. The van der Waals surface area contributed by atoms with Crippen molar-refractivity contribution < 1.29 is 9.47 Å². The van der Waals surface area contributed by atoms with Crippen molar-refractivity contribution in [2.45, 2.75) is 31.4 Å². The fourth-order valence-corrected chi connectivity index (χ4v) is 2.10. The first-order chi connectivity index (χ1) is 8.28. The molecule has 4 heteroatoms. The van der Waals surface area contributed by atoms with E-state index in [1.165, 1.54) is 6.42 Å². The summed E-state index contributed by atoms with van der Waals surface area (Å²) in [5.74, 6) is 0.654. The van der Waals surface area contributed by atoms with E-state index in [0.29, 0.717) is 5.88 Å². The van der Waals surface area contributed by atoms with Gasteiger partial charge in [0.2, 0.25) is 5.88 Å². The molecule has 0 spiro atoms. The van der Waals surface area contributed by atoms with Gasteiger partial charge in [0.1, 0.15) is 0 Å². The third-order valence-corrected chi connectivity index (χ3v) is 3.48.